The first-order valence-corrected chi connectivity index (χ1v) is 9.41. The summed E-state index contributed by atoms with van der Waals surface area (Å²) in [5, 5.41) is 2.97. The number of likely N-dealkylation sites (tertiary alicyclic amines) is 1. The molecule has 0 atom stereocenters. The van der Waals surface area contributed by atoms with Gasteiger partial charge in [0, 0.05) is 57.1 Å². The Bertz CT molecular complexity index is 917. The molecule has 148 valence electrons. The second-order valence-corrected chi connectivity index (χ2v) is 6.78. The van der Waals surface area contributed by atoms with Crippen LogP contribution >= 0.6 is 0 Å². The van der Waals surface area contributed by atoms with Crippen molar-refractivity contribution in [1.82, 2.24) is 25.2 Å². The molecule has 8 heteroatoms. The van der Waals surface area contributed by atoms with E-state index in [1.165, 1.54) is 0 Å². The number of nitrogens with one attached hydrogen (secondary N) is 2. The fraction of sp³-hybridized carbons (Fsp3) is 0.400. The number of hydrogen-bond donors (Lipinski definition) is 2. The van der Waals surface area contributed by atoms with E-state index in [1.807, 2.05) is 38.1 Å². The number of pyridine rings is 1. The molecule has 0 saturated carbocycles. The van der Waals surface area contributed by atoms with Gasteiger partial charge in [0.1, 0.15) is 11.5 Å². The molecule has 2 aromatic rings. The molecule has 8 nitrogen and oxygen atoms in total. The SMILES string of the molecule is CCc1nccc(-c2c[nH]c(=O)c(N(C)C3CN(C(=O)/C=C/CNC)C3)c2)n1. The minimum Gasteiger partial charge on any atom is -0.364 e. The normalized spacial score (nSPS) is 14.3. The lowest BCUT2D eigenvalue weighted by molar-refractivity contribution is -0.130. The maximum atomic E-state index is 12.4. The summed E-state index contributed by atoms with van der Waals surface area (Å²) in [4.78, 5) is 39.7. The zero-order valence-electron chi connectivity index (χ0n) is 16.5. The zero-order valence-corrected chi connectivity index (χ0v) is 16.5. The summed E-state index contributed by atoms with van der Waals surface area (Å²) < 4.78 is 0. The number of anilines is 1. The van der Waals surface area contributed by atoms with Gasteiger partial charge in [-0.1, -0.05) is 13.0 Å². The Morgan fingerprint density at radius 2 is 2.25 bits per heavy atom. The molecule has 2 N–H and O–H groups in total. The molecule has 3 rings (SSSR count). The number of aromatic nitrogens is 3. The van der Waals surface area contributed by atoms with Crippen LogP contribution in [-0.4, -0.2) is 65.5 Å². The molecule has 0 radical (unpaired) electrons. The van der Waals surface area contributed by atoms with Crippen LogP contribution in [0, 0.1) is 0 Å². The van der Waals surface area contributed by atoms with Crippen LogP contribution < -0.4 is 15.8 Å². The van der Waals surface area contributed by atoms with E-state index in [-0.39, 0.29) is 17.5 Å². The van der Waals surface area contributed by atoms with Crippen molar-refractivity contribution in [3.8, 4) is 11.3 Å². The van der Waals surface area contributed by atoms with Gasteiger partial charge in [0.05, 0.1) is 11.7 Å². The molecule has 1 amide bonds. The lowest BCUT2D eigenvalue weighted by Crippen LogP contribution is -2.60. The van der Waals surface area contributed by atoms with E-state index in [9.17, 15) is 9.59 Å². The van der Waals surface area contributed by atoms with Crippen molar-refractivity contribution < 1.29 is 4.79 Å². The Morgan fingerprint density at radius 1 is 1.46 bits per heavy atom. The third kappa shape index (κ3) is 4.28. The van der Waals surface area contributed by atoms with Crippen molar-refractivity contribution in [2.24, 2.45) is 0 Å². The molecule has 1 aliphatic heterocycles. The van der Waals surface area contributed by atoms with E-state index in [4.69, 9.17) is 0 Å². The molecule has 0 aliphatic carbocycles. The molecule has 2 aromatic heterocycles. The molecule has 0 aromatic carbocycles. The third-order valence-corrected chi connectivity index (χ3v) is 4.89. The van der Waals surface area contributed by atoms with Crippen LogP contribution in [-0.2, 0) is 11.2 Å². The summed E-state index contributed by atoms with van der Waals surface area (Å²) in [5.41, 5.74) is 2.02. The van der Waals surface area contributed by atoms with Crippen LogP contribution in [0.4, 0.5) is 5.69 Å². The zero-order chi connectivity index (χ0) is 20.1. The molecule has 0 bridgehead atoms. The number of nitrogens with zero attached hydrogens (tertiary/aromatic N) is 4. The quantitative estimate of drug-likeness (QED) is 0.689. The number of carbonyl (C=O) groups excluding carboxylic acids is 1. The second-order valence-electron chi connectivity index (χ2n) is 6.78. The van der Waals surface area contributed by atoms with Gasteiger partial charge in [0.2, 0.25) is 5.91 Å². The van der Waals surface area contributed by atoms with Gasteiger partial charge in [0.15, 0.2) is 0 Å². The smallest absolute Gasteiger partial charge is 0.271 e. The van der Waals surface area contributed by atoms with E-state index in [0.717, 1.165) is 23.5 Å². The van der Waals surface area contributed by atoms with Gasteiger partial charge < -0.3 is 20.1 Å². The highest BCUT2D eigenvalue weighted by Crippen LogP contribution is 2.23. The predicted molar refractivity (Wildman–Crippen MR) is 109 cm³/mol. The molecule has 0 spiro atoms. The maximum absolute atomic E-state index is 12.4. The van der Waals surface area contributed by atoms with Gasteiger partial charge in [-0.3, -0.25) is 9.59 Å². The van der Waals surface area contributed by atoms with Crippen molar-refractivity contribution in [1.29, 1.82) is 0 Å². The number of likely N-dealkylation sites (N-methyl/N-ethyl adjacent to an activating group) is 2. The Morgan fingerprint density at radius 3 is 2.96 bits per heavy atom. The van der Waals surface area contributed by atoms with Crippen molar-refractivity contribution in [3.63, 3.8) is 0 Å². The number of H-pyrrole nitrogens is 1. The number of amides is 1. The lowest BCUT2D eigenvalue weighted by atomic mass is 10.1. The van der Waals surface area contributed by atoms with Gasteiger partial charge >= 0.3 is 0 Å². The third-order valence-electron chi connectivity index (χ3n) is 4.89. The van der Waals surface area contributed by atoms with E-state index in [0.29, 0.717) is 25.3 Å². The molecule has 0 unspecified atom stereocenters. The number of aryl methyl sites for hydroxylation is 1. The van der Waals surface area contributed by atoms with Gasteiger partial charge in [-0.15, -0.1) is 0 Å². The Hall–Kier alpha value is -3.00. The standard InChI is InChI=1S/C20H26N6O2/c1-4-18-22-9-7-16(24-18)14-10-17(20(28)23-11-14)25(3)15-12-26(13-15)19(27)6-5-8-21-2/h5-7,9-11,15,21H,4,8,12-13H2,1-3H3,(H,23,28)/b6-5+. The molecule has 1 aliphatic rings. The van der Waals surface area contributed by atoms with Crippen LogP contribution in [0.5, 0.6) is 0 Å². The summed E-state index contributed by atoms with van der Waals surface area (Å²) in [7, 11) is 3.72. The van der Waals surface area contributed by atoms with Gasteiger partial charge in [-0.2, -0.15) is 0 Å². The highest BCUT2D eigenvalue weighted by Gasteiger charge is 2.33. The molecular formula is C20H26N6O2. The number of aromatic amines is 1. The fourth-order valence-corrected chi connectivity index (χ4v) is 3.07. The predicted octanol–water partition coefficient (Wildman–Crippen LogP) is 0.817. The Labute approximate surface area is 164 Å². The van der Waals surface area contributed by atoms with E-state index in [1.54, 1.807) is 29.4 Å². The van der Waals surface area contributed by atoms with Crippen molar-refractivity contribution in [2.45, 2.75) is 19.4 Å². The van der Waals surface area contributed by atoms with Gasteiger partial charge in [0.25, 0.3) is 5.56 Å². The summed E-state index contributed by atoms with van der Waals surface area (Å²) in [6, 6.07) is 3.78. The van der Waals surface area contributed by atoms with Crippen LogP contribution in [0.1, 0.15) is 12.7 Å². The monoisotopic (exact) mass is 382 g/mol. The number of carbonyl (C=O) groups is 1. The average molecular weight is 382 g/mol. The van der Waals surface area contributed by atoms with Crippen LogP contribution in [0.25, 0.3) is 11.3 Å². The van der Waals surface area contributed by atoms with Crippen molar-refractivity contribution in [2.75, 3.05) is 38.6 Å². The van der Waals surface area contributed by atoms with E-state index < -0.39 is 0 Å². The first-order valence-electron chi connectivity index (χ1n) is 9.41. The molecular weight excluding hydrogens is 356 g/mol. The lowest BCUT2D eigenvalue weighted by Gasteiger charge is -2.44. The van der Waals surface area contributed by atoms with Gasteiger partial charge in [-0.05, 0) is 19.2 Å². The van der Waals surface area contributed by atoms with Crippen LogP contribution in [0.2, 0.25) is 0 Å². The fourth-order valence-electron chi connectivity index (χ4n) is 3.07. The second kappa shape index (κ2) is 8.79. The average Bonchev–Trinajstić information content (AvgIpc) is 2.67. The van der Waals surface area contributed by atoms with Crippen LogP contribution in [0.3, 0.4) is 0 Å². The Kier molecular flexibility index (Phi) is 6.20. The summed E-state index contributed by atoms with van der Waals surface area (Å²) >= 11 is 0. The Balaban J connectivity index is 1.72. The number of rotatable bonds is 7. The maximum Gasteiger partial charge on any atom is 0.271 e. The molecule has 28 heavy (non-hydrogen) atoms. The van der Waals surface area contributed by atoms with Crippen molar-refractivity contribution in [3.05, 3.63) is 52.9 Å². The minimum atomic E-state index is -0.158. The van der Waals surface area contributed by atoms with E-state index in [2.05, 4.69) is 20.3 Å². The van der Waals surface area contributed by atoms with Gasteiger partial charge in [-0.25, -0.2) is 9.97 Å². The summed E-state index contributed by atoms with van der Waals surface area (Å²) in [5.74, 6) is 0.758. The summed E-state index contributed by atoms with van der Waals surface area (Å²) in [6.45, 7) is 3.85. The number of hydrogen-bond acceptors (Lipinski definition) is 6. The van der Waals surface area contributed by atoms with E-state index >= 15 is 0 Å². The molecule has 3 heterocycles. The first kappa shape index (κ1) is 19.8. The highest BCUT2D eigenvalue weighted by atomic mass is 16.2. The minimum absolute atomic E-state index is 0.00404. The van der Waals surface area contributed by atoms with Crippen LogP contribution in [0.15, 0.2) is 41.5 Å². The summed E-state index contributed by atoms with van der Waals surface area (Å²) in [6.07, 6.45) is 7.54. The molecule has 1 saturated heterocycles. The largest absolute Gasteiger partial charge is 0.364 e. The highest BCUT2D eigenvalue weighted by molar-refractivity contribution is 5.88. The van der Waals surface area contributed by atoms with Crippen molar-refractivity contribution >= 4 is 11.6 Å². The topological polar surface area (TPSA) is 94.2 Å². The first-order chi connectivity index (χ1) is 13.5. The molecule has 1 fully saturated rings.